The van der Waals surface area contributed by atoms with E-state index in [1.54, 1.807) is 23.1 Å². The fraction of sp³-hybridized carbons (Fsp3) is 0.286. The van der Waals surface area contributed by atoms with Gasteiger partial charge in [-0.1, -0.05) is 12.1 Å². The number of anilines is 1. The van der Waals surface area contributed by atoms with Gasteiger partial charge in [-0.2, -0.15) is 5.26 Å². The molecule has 2 N–H and O–H groups in total. The Balaban J connectivity index is 2.62. The third-order valence-electron chi connectivity index (χ3n) is 2.54. The van der Waals surface area contributed by atoms with E-state index >= 15 is 0 Å². The molecule has 0 unspecified atom stereocenters. The summed E-state index contributed by atoms with van der Waals surface area (Å²) in [6.45, 7) is 2.97. The van der Waals surface area contributed by atoms with Gasteiger partial charge in [0, 0.05) is 24.9 Å². The van der Waals surface area contributed by atoms with Crippen LogP contribution in [0.3, 0.4) is 0 Å². The summed E-state index contributed by atoms with van der Waals surface area (Å²) in [5, 5.41) is 8.51. The second kappa shape index (κ2) is 7.13. The van der Waals surface area contributed by atoms with Gasteiger partial charge in [0.2, 0.25) is 5.91 Å². The first-order valence-electron chi connectivity index (χ1n) is 5.87. The summed E-state index contributed by atoms with van der Waals surface area (Å²) in [5.74, 6) is -0.0791. The molecule has 18 heavy (non-hydrogen) atoms. The predicted octanol–water partition coefficient (Wildman–Crippen LogP) is 2.04. The second-order valence-corrected chi connectivity index (χ2v) is 3.83. The number of amides is 1. The van der Waals surface area contributed by atoms with Crippen molar-refractivity contribution in [1.29, 1.82) is 5.26 Å². The number of nitriles is 1. The Labute approximate surface area is 107 Å². The highest BCUT2D eigenvalue weighted by Gasteiger charge is 2.06. The van der Waals surface area contributed by atoms with Crippen molar-refractivity contribution in [3.05, 3.63) is 35.9 Å². The summed E-state index contributed by atoms with van der Waals surface area (Å²) in [6, 6.07) is 9.32. The second-order valence-electron chi connectivity index (χ2n) is 3.83. The number of carbonyl (C=O) groups excluding carboxylic acids is 1. The average molecular weight is 243 g/mol. The van der Waals surface area contributed by atoms with Crippen LogP contribution in [0.15, 0.2) is 30.3 Å². The molecule has 94 valence electrons. The molecule has 1 rings (SSSR count). The average Bonchev–Trinajstić information content (AvgIpc) is 2.39. The minimum Gasteiger partial charge on any atom is -0.399 e. The number of rotatable bonds is 5. The van der Waals surface area contributed by atoms with E-state index in [1.165, 1.54) is 6.08 Å². The van der Waals surface area contributed by atoms with Crippen molar-refractivity contribution in [2.75, 3.05) is 18.8 Å². The Bertz CT molecular complexity index is 457. The highest BCUT2D eigenvalue weighted by Crippen LogP contribution is 2.07. The third-order valence-corrected chi connectivity index (χ3v) is 2.54. The Morgan fingerprint density at radius 2 is 2.11 bits per heavy atom. The number of hydrogen-bond donors (Lipinski definition) is 1. The summed E-state index contributed by atoms with van der Waals surface area (Å²) in [6.07, 6.45) is 3.62. The van der Waals surface area contributed by atoms with Gasteiger partial charge in [0.05, 0.1) is 12.5 Å². The van der Waals surface area contributed by atoms with Crippen molar-refractivity contribution in [3.63, 3.8) is 0 Å². The number of carbonyl (C=O) groups is 1. The maximum Gasteiger partial charge on any atom is 0.246 e. The number of benzene rings is 1. The Morgan fingerprint density at radius 1 is 1.44 bits per heavy atom. The lowest BCUT2D eigenvalue weighted by Gasteiger charge is -2.17. The van der Waals surface area contributed by atoms with Crippen molar-refractivity contribution in [1.82, 2.24) is 4.90 Å². The molecule has 0 aliphatic carbocycles. The molecule has 0 aliphatic rings. The van der Waals surface area contributed by atoms with Crippen LogP contribution in [-0.2, 0) is 4.79 Å². The fourth-order valence-corrected chi connectivity index (χ4v) is 1.49. The van der Waals surface area contributed by atoms with Crippen LogP contribution in [0.5, 0.6) is 0 Å². The van der Waals surface area contributed by atoms with Crippen LogP contribution in [0.1, 0.15) is 18.9 Å². The van der Waals surface area contributed by atoms with Crippen LogP contribution in [0.2, 0.25) is 0 Å². The van der Waals surface area contributed by atoms with Crippen LogP contribution in [0, 0.1) is 11.3 Å². The first-order chi connectivity index (χ1) is 8.67. The smallest absolute Gasteiger partial charge is 0.246 e. The van der Waals surface area contributed by atoms with E-state index in [0.717, 1.165) is 5.56 Å². The molecule has 0 radical (unpaired) electrons. The number of hydrogen-bond acceptors (Lipinski definition) is 3. The predicted molar refractivity (Wildman–Crippen MR) is 72.4 cm³/mol. The van der Waals surface area contributed by atoms with E-state index in [-0.39, 0.29) is 5.91 Å². The summed E-state index contributed by atoms with van der Waals surface area (Å²) < 4.78 is 0. The molecule has 0 aliphatic heterocycles. The lowest BCUT2D eigenvalue weighted by molar-refractivity contribution is -0.125. The molecule has 4 heteroatoms. The molecule has 0 atom stereocenters. The van der Waals surface area contributed by atoms with Crippen molar-refractivity contribution in [3.8, 4) is 6.07 Å². The van der Waals surface area contributed by atoms with E-state index in [9.17, 15) is 4.79 Å². The van der Waals surface area contributed by atoms with Crippen LogP contribution in [0.25, 0.3) is 6.08 Å². The summed E-state index contributed by atoms with van der Waals surface area (Å²) in [5.41, 5.74) is 7.20. The van der Waals surface area contributed by atoms with Crippen molar-refractivity contribution in [2.24, 2.45) is 0 Å². The molecule has 0 heterocycles. The zero-order chi connectivity index (χ0) is 13.4. The molecule has 0 aromatic heterocycles. The van der Waals surface area contributed by atoms with Crippen LogP contribution in [0.4, 0.5) is 5.69 Å². The van der Waals surface area contributed by atoms with Gasteiger partial charge in [-0.15, -0.1) is 0 Å². The van der Waals surface area contributed by atoms with Gasteiger partial charge in [0.1, 0.15) is 0 Å². The van der Waals surface area contributed by atoms with Crippen molar-refractivity contribution < 1.29 is 4.79 Å². The minimum absolute atomic E-state index is 0.0791. The van der Waals surface area contributed by atoms with Crippen molar-refractivity contribution in [2.45, 2.75) is 13.3 Å². The first kappa shape index (κ1) is 13.8. The van der Waals surface area contributed by atoms with Crippen molar-refractivity contribution >= 4 is 17.7 Å². The maximum absolute atomic E-state index is 11.8. The van der Waals surface area contributed by atoms with Gasteiger partial charge >= 0.3 is 0 Å². The van der Waals surface area contributed by atoms with E-state index in [2.05, 4.69) is 0 Å². The van der Waals surface area contributed by atoms with Gasteiger partial charge in [0.15, 0.2) is 0 Å². The number of nitrogens with zero attached hydrogens (tertiary/aromatic N) is 2. The van der Waals surface area contributed by atoms with Crippen LogP contribution in [-0.4, -0.2) is 23.9 Å². The molecular weight excluding hydrogens is 226 g/mol. The third kappa shape index (κ3) is 4.30. The molecule has 1 aromatic rings. The quantitative estimate of drug-likeness (QED) is 0.635. The normalized spacial score (nSPS) is 10.2. The Morgan fingerprint density at radius 3 is 2.67 bits per heavy atom. The SMILES string of the molecule is CCN(CCC#N)C(=O)/C=C/c1ccc(N)cc1. The maximum atomic E-state index is 11.8. The molecule has 4 nitrogen and oxygen atoms in total. The van der Waals surface area contributed by atoms with Gasteiger partial charge in [0.25, 0.3) is 0 Å². The van der Waals surface area contributed by atoms with Crippen LogP contribution >= 0.6 is 0 Å². The van der Waals surface area contributed by atoms with E-state index in [4.69, 9.17) is 11.0 Å². The van der Waals surface area contributed by atoms with Gasteiger partial charge in [-0.25, -0.2) is 0 Å². The molecule has 1 aromatic carbocycles. The highest BCUT2D eigenvalue weighted by molar-refractivity contribution is 5.91. The lowest BCUT2D eigenvalue weighted by Crippen LogP contribution is -2.29. The van der Waals surface area contributed by atoms with Gasteiger partial charge in [-0.05, 0) is 30.7 Å². The summed E-state index contributed by atoms with van der Waals surface area (Å²) >= 11 is 0. The zero-order valence-electron chi connectivity index (χ0n) is 10.5. The standard InChI is InChI=1S/C14H17N3O/c1-2-17(11-3-10-15)14(18)9-6-12-4-7-13(16)8-5-12/h4-9H,2-3,11,16H2,1H3/b9-6+. The largest absolute Gasteiger partial charge is 0.399 e. The monoisotopic (exact) mass is 243 g/mol. The van der Waals surface area contributed by atoms with Crippen LogP contribution < -0.4 is 5.73 Å². The molecule has 1 amide bonds. The topological polar surface area (TPSA) is 70.1 Å². The molecule has 0 saturated carbocycles. The van der Waals surface area contributed by atoms with Gasteiger partial charge in [-0.3, -0.25) is 4.79 Å². The lowest BCUT2D eigenvalue weighted by atomic mass is 10.2. The molecular formula is C14H17N3O. The summed E-state index contributed by atoms with van der Waals surface area (Å²) in [7, 11) is 0. The number of nitrogens with two attached hydrogens (primary N) is 1. The molecule has 0 fully saturated rings. The number of nitrogen functional groups attached to an aromatic ring is 1. The number of likely N-dealkylation sites (N-methyl/N-ethyl adjacent to an activating group) is 1. The highest BCUT2D eigenvalue weighted by atomic mass is 16.2. The first-order valence-corrected chi connectivity index (χ1v) is 5.87. The van der Waals surface area contributed by atoms with E-state index in [1.807, 2.05) is 25.1 Å². The molecule has 0 bridgehead atoms. The zero-order valence-corrected chi connectivity index (χ0v) is 10.5. The fourth-order valence-electron chi connectivity index (χ4n) is 1.49. The molecule has 0 saturated heterocycles. The molecule has 0 spiro atoms. The Kier molecular flexibility index (Phi) is 5.46. The van der Waals surface area contributed by atoms with Gasteiger partial charge < -0.3 is 10.6 Å². The van der Waals surface area contributed by atoms with E-state index in [0.29, 0.717) is 25.2 Å². The van der Waals surface area contributed by atoms with E-state index < -0.39 is 0 Å². The Hall–Kier alpha value is -2.28. The summed E-state index contributed by atoms with van der Waals surface area (Å²) in [4.78, 5) is 13.5. The minimum atomic E-state index is -0.0791.